The molecule has 7 heteroatoms. The third-order valence-electron chi connectivity index (χ3n) is 4.06. The van der Waals surface area contributed by atoms with Crippen molar-refractivity contribution < 1.29 is 23.8 Å². The van der Waals surface area contributed by atoms with E-state index in [4.69, 9.17) is 37.4 Å². The quantitative estimate of drug-likeness (QED) is 0.414. The zero-order chi connectivity index (χ0) is 19.8. The zero-order valence-electron chi connectivity index (χ0n) is 15.3. The van der Waals surface area contributed by atoms with Crippen molar-refractivity contribution in [3.8, 4) is 5.75 Å². The van der Waals surface area contributed by atoms with Crippen LogP contribution in [0.25, 0.3) is 0 Å². The Morgan fingerprint density at radius 3 is 2.48 bits per heavy atom. The third kappa shape index (κ3) is 5.75. The smallest absolute Gasteiger partial charge is 0.343 e. The van der Waals surface area contributed by atoms with E-state index in [0.717, 1.165) is 18.6 Å². The van der Waals surface area contributed by atoms with Crippen LogP contribution in [0.5, 0.6) is 5.75 Å². The van der Waals surface area contributed by atoms with Crippen LogP contribution in [-0.2, 0) is 14.3 Å². The maximum atomic E-state index is 12.3. The van der Waals surface area contributed by atoms with Crippen molar-refractivity contribution in [1.29, 1.82) is 0 Å². The Morgan fingerprint density at radius 1 is 1.11 bits per heavy atom. The molecule has 0 N–H and O–H groups in total. The molecule has 0 heterocycles. The Labute approximate surface area is 168 Å². The molecule has 0 amide bonds. The summed E-state index contributed by atoms with van der Waals surface area (Å²) in [4.78, 5) is 24.6. The summed E-state index contributed by atoms with van der Waals surface area (Å²) < 4.78 is 15.9. The van der Waals surface area contributed by atoms with Gasteiger partial charge in [0.05, 0.1) is 29.5 Å². The van der Waals surface area contributed by atoms with E-state index in [2.05, 4.69) is 6.92 Å². The minimum absolute atomic E-state index is 0.00333. The van der Waals surface area contributed by atoms with Gasteiger partial charge in [-0.25, -0.2) is 4.79 Å². The van der Waals surface area contributed by atoms with E-state index in [1.54, 1.807) is 12.2 Å². The van der Waals surface area contributed by atoms with Gasteiger partial charge in [0.1, 0.15) is 5.56 Å². The summed E-state index contributed by atoms with van der Waals surface area (Å²) in [5.74, 6) is -0.0321. The molecule has 0 atom stereocenters. The number of benzene rings is 1. The second-order valence-electron chi connectivity index (χ2n) is 5.96. The molecular formula is C20H22Cl2O5. The van der Waals surface area contributed by atoms with Crippen LogP contribution < -0.4 is 4.74 Å². The van der Waals surface area contributed by atoms with Crippen molar-refractivity contribution >= 4 is 35.0 Å². The van der Waals surface area contributed by atoms with Crippen molar-refractivity contribution in [3.63, 3.8) is 0 Å². The number of methoxy groups -OCH3 is 1. The molecule has 5 nitrogen and oxygen atoms in total. The van der Waals surface area contributed by atoms with Gasteiger partial charge < -0.3 is 14.2 Å². The number of esters is 1. The van der Waals surface area contributed by atoms with E-state index in [1.807, 2.05) is 0 Å². The molecular weight excluding hydrogens is 391 g/mol. The summed E-state index contributed by atoms with van der Waals surface area (Å²) in [6.07, 6.45) is 6.79. The lowest BCUT2D eigenvalue weighted by atomic mass is 10.0. The predicted molar refractivity (Wildman–Crippen MR) is 105 cm³/mol. The summed E-state index contributed by atoms with van der Waals surface area (Å²) in [5.41, 5.74) is 0.596. The van der Waals surface area contributed by atoms with Gasteiger partial charge in [0, 0.05) is 6.42 Å². The van der Waals surface area contributed by atoms with Crippen molar-refractivity contribution in [2.75, 3.05) is 20.3 Å². The Hall–Kier alpha value is -1.98. The number of carbonyl (C=O) groups is 2. The number of rotatable bonds is 9. The lowest BCUT2D eigenvalue weighted by Gasteiger charge is -2.15. The highest BCUT2D eigenvalue weighted by Crippen LogP contribution is 2.34. The number of hydrogen-bond acceptors (Lipinski definition) is 5. The molecule has 0 spiro atoms. The standard InChI is InChI=1S/C20H22Cl2O5/c1-3-4-11-26-14-7-5-13(6-8-14)17(23)12-27-20(24)18-15(21)9-10-16(22)19(18)25-2/h5,7,9-10H,3-4,6,8,11-12H2,1-2H3. The highest BCUT2D eigenvalue weighted by molar-refractivity contribution is 6.37. The fraction of sp³-hybridized carbons (Fsp3) is 0.400. The van der Waals surface area contributed by atoms with Gasteiger partial charge in [0.2, 0.25) is 0 Å². The Bertz CT molecular complexity index is 768. The number of allylic oxidation sites excluding steroid dienone is 3. The number of unbranched alkanes of at least 4 members (excludes halogenated alkanes) is 1. The molecule has 0 bridgehead atoms. The molecule has 2 rings (SSSR count). The van der Waals surface area contributed by atoms with Gasteiger partial charge in [-0.1, -0.05) is 42.6 Å². The second-order valence-corrected chi connectivity index (χ2v) is 6.78. The van der Waals surface area contributed by atoms with Crippen LogP contribution in [0.1, 0.15) is 43.0 Å². The number of ether oxygens (including phenoxy) is 3. The largest absolute Gasteiger partial charge is 0.498 e. The van der Waals surface area contributed by atoms with E-state index < -0.39 is 5.97 Å². The molecule has 0 aromatic heterocycles. The average Bonchev–Trinajstić information content (AvgIpc) is 2.68. The van der Waals surface area contributed by atoms with Crippen LogP contribution in [-0.4, -0.2) is 32.1 Å². The monoisotopic (exact) mass is 412 g/mol. The molecule has 0 unspecified atom stereocenters. The van der Waals surface area contributed by atoms with Crippen molar-refractivity contribution in [1.82, 2.24) is 0 Å². The third-order valence-corrected chi connectivity index (χ3v) is 4.67. The highest BCUT2D eigenvalue weighted by atomic mass is 35.5. The van der Waals surface area contributed by atoms with Gasteiger partial charge in [-0.3, -0.25) is 4.79 Å². The molecule has 0 aliphatic heterocycles. The minimum atomic E-state index is -0.761. The Morgan fingerprint density at radius 2 is 1.85 bits per heavy atom. The SMILES string of the molecule is CCCCOC1=CC=C(C(=O)COC(=O)c2c(Cl)ccc(Cl)c2OC)CC1. The van der Waals surface area contributed by atoms with Crippen LogP contribution in [0.3, 0.4) is 0 Å². The number of ketones is 1. The molecule has 1 aromatic rings. The first-order chi connectivity index (χ1) is 13.0. The van der Waals surface area contributed by atoms with Gasteiger partial charge in [-0.15, -0.1) is 0 Å². The molecule has 146 valence electrons. The topological polar surface area (TPSA) is 61.8 Å². The maximum Gasteiger partial charge on any atom is 0.343 e. The summed E-state index contributed by atoms with van der Waals surface area (Å²) in [7, 11) is 1.37. The molecule has 0 saturated heterocycles. The normalized spacial score (nSPS) is 13.5. The molecule has 0 radical (unpaired) electrons. The summed E-state index contributed by atoms with van der Waals surface area (Å²) in [6, 6.07) is 2.99. The summed E-state index contributed by atoms with van der Waals surface area (Å²) in [6.45, 7) is 2.40. The van der Waals surface area contributed by atoms with Crippen LogP contribution in [0.4, 0.5) is 0 Å². The summed E-state index contributed by atoms with van der Waals surface area (Å²) >= 11 is 12.1. The molecule has 1 aliphatic rings. The van der Waals surface area contributed by atoms with Crippen LogP contribution in [0, 0.1) is 0 Å². The van der Waals surface area contributed by atoms with E-state index in [9.17, 15) is 9.59 Å². The molecule has 27 heavy (non-hydrogen) atoms. The zero-order valence-corrected chi connectivity index (χ0v) is 16.9. The van der Waals surface area contributed by atoms with Crippen molar-refractivity contribution in [2.24, 2.45) is 0 Å². The second kappa shape index (κ2) is 10.4. The van der Waals surface area contributed by atoms with E-state index >= 15 is 0 Å². The van der Waals surface area contributed by atoms with Crippen molar-refractivity contribution in [2.45, 2.75) is 32.6 Å². The van der Waals surface area contributed by atoms with E-state index in [-0.39, 0.29) is 33.7 Å². The lowest BCUT2D eigenvalue weighted by molar-refractivity contribution is -0.118. The number of halogens is 2. The van der Waals surface area contributed by atoms with Gasteiger partial charge in [0.25, 0.3) is 0 Å². The first kappa shape index (κ1) is 21.3. The van der Waals surface area contributed by atoms with Gasteiger partial charge in [-0.05, 0) is 36.6 Å². The van der Waals surface area contributed by atoms with E-state index in [1.165, 1.54) is 19.2 Å². The first-order valence-corrected chi connectivity index (χ1v) is 9.48. The molecule has 0 saturated carbocycles. The van der Waals surface area contributed by atoms with Crippen molar-refractivity contribution in [3.05, 3.63) is 51.2 Å². The molecule has 1 aliphatic carbocycles. The Balaban J connectivity index is 1.96. The van der Waals surface area contributed by atoms with Gasteiger partial charge in [-0.2, -0.15) is 0 Å². The van der Waals surface area contributed by atoms with Crippen LogP contribution in [0.2, 0.25) is 10.0 Å². The Kier molecular flexibility index (Phi) is 8.20. The van der Waals surface area contributed by atoms with Crippen LogP contribution in [0.15, 0.2) is 35.6 Å². The maximum absolute atomic E-state index is 12.3. The molecule has 1 aromatic carbocycles. The lowest BCUT2D eigenvalue weighted by Crippen LogP contribution is -2.17. The number of carbonyl (C=O) groups excluding carboxylic acids is 2. The molecule has 0 fully saturated rings. The first-order valence-electron chi connectivity index (χ1n) is 8.72. The van der Waals surface area contributed by atoms with Gasteiger partial charge in [0.15, 0.2) is 18.1 Å². The average molecular weight is 413 g/mol. The number of Topliss-reactive ketones (excluding diaryl/α,β-unsaturated/α-hetero) is 1. The predicted octanol–water partition coefficient (Wildman–Crippen LogP) is 5.15. The number of hydrogen-bond donors (Lipinski definition) is 0. The van der Waals surface area contributed by atoms with Gasteiger partial charge >= 0.3 is 5.97 Å². The van der Waals surface area contributed by atoms with Crippen LogP contribution >= 0.6 is 23.2 Å². The fourth-order valence-corrected chi connectivity index (χ4v) is 3.00. The fourth-order valence-electron chi connectivity index (χ4n) is 2.54. The van der Waals surface area contributed by atoms with E-state index in [0.29, 0.717) is 25.0 Å². The highest BCUT2D eigenvalue weighted by Gasteiger charge is 2.23. The summed E-state index contributed by atoms with van der Waals surface area (Å²) in [5, 5.41) is 0.373. The minimum Gasteiger partial charge on any atom is -0.498 e.